The fourth-order valence-electron chi connectivity index (χ4n) is 1.61. The molecule has 0 saturated carbocycles. The zero-order valence-electron chi connectivity index (χ0n) is 9.15. The van der Waals surface area contributed by atoms with Crippen molar-refractivity contribution >= 4 is 22.3 Å². The number of hydrogen-bond acceptors (Lipinski definition) is 4. The minimum absolute atomic E-state index is 0.0320. The Bertz CT molecular complexity index is 529. The summed E-state index contributed by atoms with van der Waals surface area (Å²) in [6, 6.07) is 0. The van der Waals surface area contributed by atoms with Crippen molar-refractivity contribution in [3.8, 4) is 0 Å². The lowest BCUT2D eigenvalue weighted by Gasteiger charge is -2.01. The standard InChI is InChI=1S/C10H13N3O2S/c1-6-5-13-8(3-11-4-9(14)15)7(2)12-10(13)16-6/h5,11H,3-4H2,1-2H3,(H,14,15). The van der Waals surface area contributed by atoms with Crippen molar-refractivity contribution in [1.82, 2.24) is 14.7 Å². The van der Waals surface area contributed by atoms with Crippen molar-refractivity contribution < 1.29 is 9.90 Å². The first kappa shape index (κ1) is 11.1. The van der Waals surface area contributed by atoms with Gasteiger partial charge in [-0.3, -0.25) is 9.20 Å². The summed E-state index contributed by atoms with van der Waals surface area (Å²) >= 11 is 1.63. The second-order valence-electron chi connectivity index (χ2n) is 3.64. The van der Waals surface area contributed by atoms with E-state index in [2.05, 4.69) is 10.3 Å². The van der Waals surface area contributed by atoms with E-state index < -0.39 is 5.97 Å². The van der Waals surface area contributed by atoms with Gasteiger partial charge in [-0.2, -0.15) is 0 Å². The smallest absolute Gasteiger partial charge is 0.317 e. The molecular formula is C10H13N3O2S. The van der Waals surface area contributed by atoms with Gasteiger partial charge in [-0.25, -0.2) is 4.98 Å². The third kappa shape index (κ3) is 2.07. The lowest BCUT2D eigenvalue weighted by atomic mass is 10.3. The maximum Gasteiger partial charge on any atom is 0.317 e. The van der Waals surface area contributed by atoms with E-state index in [1.165, 1.54) is 4.88 Å². The fraction of sp³-hybridized carbons (Fsp3) is 0.400. The zero-order valence-corrected chi connectivity index (χ0v) is 9.97. The van der Waals surface area contributed by atoms with E-state index in [0.29, 0.717) is 6.54 Å². The molecule has 2 aromatic rings. The molecule has 0 bridgehead atoms. The lowest BCUT2D eigenvalue weighted by Crippen LogP contribution is -2.22. The fourth-order valence-corrected chi connectivity index (χ4v) is 2.50. The molecule has 0 atom stereocenters. The molecule has 0 aromatic carbocycles. The normalized spacial score (nSPS) is 11.1. The van der Waals surface area contributed by atoms with Crippen LogP contribution < -0.4 is 5.32 Å². The third-order valence-corrected chi connectivity index (χ3v) is 3.21. The van der Waals surface area contributed by atoms with Crippen molar-refractivity contribution in [1.29, 1.82) is 0 Å². The van der Waals surface area contributed by atoms with Crippen molar-refractivity contribution in [2.75, 3.05) is 6.54 Å². The second kappa shape index (κ2) is 4.23. The molecule has 0 aliphatic rings. The van der Waals surface area contributed by atoms with Crippen LogP contribution in [0.3, 0.4) is 0 Å². The van der Waals surface area contributed by atoms with E-state index in [9.17, 15) is 4.79 Å². The molecule has 2 rings (SSSR count). The van der Waals surface area contributed by atoms with E-state index in [-0.39, 0.29) is 6.54 Å². The Balaban J connectivity index is 2.21. The molecule has 0 aliphatic carbocycles. The Kier molecular flexibility index (Phi) is 2.93. The van der Waals surface area contributed by atoms with Gasteiger partial charge in [-0.15, -0.1) is 11.3 Å². The van der Waals surface area contributed by atoms with Crippen LogP contribution in [0.25, 0.3) is 4.96 Å². The number of thiazole rings is 1. The molecule has 2 aromatic heterocycles. The zero-order chi connectivity index (χ0) is 11.7. The number of nitrogens with one attached hydrogen (secondary N) is 1. The van der Waals surface area contributed by atoms with Crippen LogP contribution in [0.1, 0.15) is 16.3 Å². The summed E-state index contributed by atoms with van der Waals surface area (Å²) in [4.78, 5) is 17.0. The van der Waals surface area contributed by atoms with Gasteiger partial charge in [0.05, 0.1) is 17.9 Å². The molecule has 5 nitrogen and oxygen atoms in total. The molecular weight excluding hydrogens is 226 g/mol. The highest BCUT2D eigenvalue weighted by molar-refractivity contribution is 7.17. The van der Waals surface area contributed by atoms with Gasteiger partial charge in [0.25, 0.3) is 0 Å². The van der Waals surface area contributed by atoms with Gasteiger partial charge in [0, 0.05) is 17.6 Å². The largest absolute Gasteiger partial charge is 0.480 e. The maximum absolute atomic E-state index is 10.4. The molecule has 16 heavy (non-hydrogen) atoms. The monoisotopic (exact) mass is 239 g/mol. The summed E-state index contributed by atoms with van der Waals surface area (Å²) in [5.41, 5.74) is 1.98. The molecule has 0 fully saturated rings. The first-order chi connectivity index (χ1) is 7.58. The van der Waals surface area contributed by atoms with Crippen LogP contribution in [0.4, 0.5) is 0 Å². The average Bonchev–Trinajstić information content (AvgIpc) is 2.64. The number of rotatable bonds is 4. The Hall–Kier alpha value is -1.40. The number of hydrogen-bond donors (Lipinski definition) is 2. The number of nitrogens with zero attached hydrogens (tertiary/aromatic N) is 2. The van der Waals surface area contributed by atoms with Crippen molar-refractivity contribution in [2.24, 2.45) is 0 Å². The SMILES string of the molecule is Cc1cn2c(CNCC(=O)O)c(C)nc2s1. The van der Waals surface area contributed by atoms with E-state index in [4.69, 9.17) is 5.11 Å². The van der Waals surface area contributed by atoms with Gasteiger partial charge >= 0.3 is 5.97 Å². The number of aryl methyl sites for hydroxylation is 2. The van der Waals surface area contributed by atoms with E-state index >= 15 is 0 Å². The van der Waals surface area contributed by atoms with Crippen molar-refractivity contribution in [2.45, 2.75) is 20.4 Å². The Morgan fingerprint density at radius 1 is 1.62 bits per heavy atom. The van der Waals surface area contributed by atoms with E-state index in [1.807, 2.05) is 24.4 Å². The highest BCUT2D eigenvalue weighted by atomic mass is 32.1. The minimum atomic E-state index is -0.847. The van der Waals surface area contributed by atoms with Gasteiger partial charge in [0.15, 0.2) is 4.96 Å². The topological polar surface area (TPSA) is 66.6 Å². The summed E-state index contributed by atoms with van der Waals surface area (Å²) in [7, 11) is 0. The summed E-state index contributed by atoms with van der Waals surface area (Å²) < 4.78 is 2.02. The number of imidazole rings is 1. The number of carbonyl (C=O) groups is 1. The summed E-state index contributed by atoms with van der Waals surface area (Å²) in [5.74, 6) is -0.847. The van der Waals surface area contributed by atoms with Crippen molar-refractivity contribution in [3.63, 3.8) is 0 Å². The molecule has 0 amide bonds. The highest BCUT2D eigenvalue weighted by Crippen LogP contribution is 2.20. The van der Waals surface area contributed by atoms with Crippen LogP contribution in [0.2, 0.25) is 0 Å². The van der Waals surface area contributed by atoms with E-state index in [1.54, 1.807) is 11.3 Å². The number of fused-ring (bicyclic) bond motifs is 1. The van der Waals surface area contributed by atoms with Crippen molar-refractivity contribution in [3.05, 3.63) is 22.5 Å². The Labute approximate surface area is 96.7 Å². The number of carboxylic acids is 1. The average molecular weight is 239 g/mol. The molecule has 6 heteroatoms. The maximum atomic E-state index is 10.4. The van der Waals surface area contributed by atoms with Crippen LogP contribution >= 0.6 is 11.3 Å². The van der Waals surface area contributed by atoms with Gasteiger partial charge < -0.3 is 10.4 Å². The van der Waals surface area contributed by atoms with Gasteiger partial charge in [-0.1, -0.05) is 0 Å². The molecule has 0 saturated heterocycles. The molecule has 0 spiro atoms. The lowest BCUT2D eigenvalue weighted by molar-refractivity contribution is -0.136. The first-order valence-corrected chi connectivity index (χ1v) is 5.76. The molecule has 0 radical (unpaired) electrons. The molecule has 0 aliphatic heterocycles. The Morgan fingerprint density at radius 3 is 3.06 bits per heavy atom. The number of carboxylic acid groups (broad SMARTS) is 1. The van der Waals surface area contributed by atoms with Crippen LogP contribution in [0, 0.1) is 13.8 Å². The van der Waals surface area contributed by atoms with Crippen LogP contribution in [-0.2, 0) is 11.3 Å². The Morgan fingerprint density at radius 2 is 2.38 bits per heavy atom. The highest BCUT2D eigenvalue weighted by Gasteiger charge is 2.10. The summed E-state index contributed by atoms with van der Waals surface area (Å²) in [5, 5.41) is 11.4. The van der Waals surface area contributed by atoms with Gasteiger partial charge in [0.1, 0.15) is 0 Å². The predicted octanol–water partition coefficient (Wildman–Crippen LogP) is 1.19. The number of aliphatic carboxylic acids is 1. The molecule has 86 valence electrons. The summed E-state index contributed by atoms with van der Waals surface area (Å²) in [6.45, 7) is 4.46. The molecule has 2 heterocycles. The quantitative estimate of drug-likeness (QED) is 0.841. The van der Waals surface area contributed by atoms with Crippen LogP contribution in [0.5, 0.6) is 0 Å². The summed E-state index contributed by atoms with van der Waals surface area (Å²) in [6.07, 6.45) is 2.03. The second-order valence-corrected chi connectivity index (χ2v) is 4.85. The van der Waals surface area contributed by atoms with Crippen LogP contribution in [-0.4, -0.2) is 27.0 Å². The number of aromatic nitrogens is 2. The predicted molar refractivity (Wildman–Crippen MR) is 61.9 cm³/mol. The van der Waals surface area contributed by atoms with E-state index in [0.717, 1.165) is 16.3 Å². The van der Waals surface area contributed by atoms with Gasteiger partial charge in [-0.05, 0) is 13.8 Å². The van der Waals surface area contributed by atoms with Gasteiger partial charge in [0.2, 0.25) is 0 Å². The minimum Gasteiger partial charge on any atom is -0.480 e. The molecule has 0 unspecified atom stereocenters. The van der Waals surface area contributed by atoms with Crippen LogP contribution in [0.15, 0.2) is 6.20 Å². The molecule has 2 N–H and O–H groups in total. The third-order valence-electron chi connectivity index (χ3n) is 2.31. The first-order valence-electron chi connectivity index (χ1n) is 4.94.